The van der Waals surface area contributed by atoms with E-state index in [1.807, 2.05) is 46.7 Å². The van der Waals surface area contributed by atoms with E-state index >= 15 is 0 Å². The quantitative estimate of drug-likeness (QED) is 0.185. The molecule has 40 heavy (non-hydrogen) atoms. The number of hydrogen-bond donors (Lipinski definition) is 2. The van der Waals surface area contributed by atoms with Gasteiger partial charge in [0.15, 0.2) is 5.11 Å². The summed E-state index contributed by atoms with van der Waals surface area (Å²) in [7, 11) is 0. The van der Waals surface area contributed by atoms with Crippen molar-refractivity contribution in [3.63, 3.8) is 0 Å². The normalized spacial score (nSPS) is 13.4. The largest absolute Gasteiger partial charge is 0.457 e. The van der Waals surface area contributed by atoms with E-state index in [2.05, 4.69) is 15.5 Å². The zero-order valence-corrected chi connectivity index (χ0v) is 24.2. The highest BCUT2D eigenvalue weighted by molar-refractivity contribution is 7.80. The summed E-state index contributed by atoms with van der Waals surface area (Å²) in [6.07, 6.45) is 2.89. The Morgan fingerprint density at radius 3 is 2.35 bits per heavy atom. The minimum Gasteiger partial charge on any atom is -0.457 e. The Morgan fingerprint density at radius 1 is 0.950 bits per heavy atom. The molecule has 1 aliphatic heterocycles. The van der Waals surface area contributed by atoms with Gasteiger partial charge < -0.3 is 19.5 Å². The van der Waals surface area contributed by atoms with E-state index in [1.165, 1.54) is 17.4 Å². The molecule has 2 aromatic carbocycles. The van der Waals surface area contributed by atoms with Crippen LogP contribution in [0.3, 0.4) is 0 Å². The van der Waals surface area contributed by atoms with Gasteiger partial charge in [0.2, 0.25) is 5.91 Å². The molecule has 0 saturated carbocycles. The summed E-state index contributed by atoms with van der Waals surface area (Å²) in [6, 6.07) is 20.2. The van der Waals surface area contributed by atoms with Gasteiger partial charge in [0.1, 0.15) is 11.5 Å². The number of piperazine rings is 1. The van der Waals surface area contributed by atoms with Crippen LogP contribution in [0.1, 0.15) is 15.4 Å². The van der Waals surface area contributed by atoms with Crippen molar-refractivity contribution in [2.45, 2.75) is 0 Å². The van der Waals surface area contributed by atoms with Crippen LogP contribution in [0.5, 0.6) is 0 Å². The molecule has 0 atom stereocenters. The van der Waals surface area contributed by atoms with E-state index in [1.54, 1.807) is 36.4 Å². The number of thiocarbonyl (C=S) groups is 1. The van der Waals surface area contributed by atoms with Gasteiger partial charge in [-0.1, -0.05) is 29.3 Å². The number of rotatable bonds is 6. The summed E-state index contributed by atoms with van der Waals surface area (Å²) in [5.74, 6) is 0.774. The Balaban J connectivity index is 1.09. The molecular weight excluding hydrogens is 587 g/mol. The molecule has 2 N–H and O–H groups in total. The number of nitrogens with one attached hydrogen (secondary N) is 2. The lowest BCUT2D eigenvalue weighted by molar-refractivity contribution is -0.115. The minimum atomic E-state index is -0.396. The molecule has 204 valence electrons. The lowest BCUT2D eigenvalue weighted by atomic mass is 10.2. The lowest BCUT2D eigenvalue weighted by Gasteiger charge is -2.36. The molecule has 7 nitrogen and oxygen atoms in total. The topological polar surface area (TPSA) is 77.8 Å². The van der Waals surface area contributed by atoms with Crippen molar-refractivity contribution >= 4 is 81.1 Å². The molecule has 2 amide bonds. The van der Waals surface area contributed by atoms with Gasteiger partial charge in [-0.3, -0.25) is 14.9 Å². The molecule has 4 aromatic rings. The molecule has 1 fully saturated rings. The smallest absolute Gasteiger partial charge is 0.264 e. The minimum absolute atomic E-state index is 0.0939. The van der Waals surface area contributed by atoms with Crippen LogP contribution in [-0.2, 0) is 4.79 Å². The van der Waals surface area contributed by atoms with Gasteiger partial charge in [-0.25, -0.2) is 0 Å². The van der Waals surface area contributed by atoms with Crippen LogP contribution in [0.2, 0.25) is 10.0 Å². The fraction of sp³-hybridized carbons (Fsp3) is 0.138. The van der Waals surface area contributed by atoms with E-state index in [0.717, 1.165) is 34.9 Å². The van der Waals surface area contributed by atoms with Gasteiger partial charge in [0.25, 0.3) is 5.91 Å². The maximum atomic E-state index is 12.6. The number of thiophene rings is 1. The van der Waals surface area contributed by atoms with Crippen molar-refractivity contribution in [3.05, 3.63) is 98.9 Å². The Labute approximate surface area is 251 Å². The van der Waals surface area contributed by atoms with E-state index < -0.39 is 5.91 Å². The van der Waals surface area contributed by atoms with Crippen molar-refractivity contribution in [3.8, 4) is 11.3 Å². The van der Waals surface area contributed by atoms with Crippen LogP contribution in [0, 0.1) is 0 Å². The SMILES string of the molecule is O=C(/C=C/c1ccc(-c2cc(Cl)cc(Cl)c2)o1)NC(=S)Nc1ccc(N2CCN(C(=O)c3cccs3)CC2)cc1. The van der Waals surface area contributed by atoms with Crippen LogP contribution in [-0.4, -0.2) is 48.0 Å². The number of furan rings is 1. The molecular formula is C29H24Cl2N4O3S2. The second kappa shape index (κ2) is 12.7. The first kappa shape index (κ1) is 27.9. The predicted molar refractivity (Wildman–Crippen MR) is 166 cm³/mol. The number of halogens is 2. The Bertz CT molecular complexity index is 1520. The van der Waals surface area contributed by atoms with Crippen molar-refractivity contribution in [1.82, 2.24) is 10.2 Å². The Morgan fingerprint density at radius 2 is 1.68 bits per heavy atom. The van der Waals surface area contributed by atoms with Crippen molar-refractivity contribution < 1.29 is 14.0 Å². The number of amides is 2. The van der Waals surface area contributed by atoms with E-state index in [0.29, 0.717) is 34.7 Å². The number of benzene rings is 2. The summed E-state index contributed by atoms with van der Waals surface area (Å²) in [5.41, 5.74) is 2.55. The standard InChI is InChI=1S/C29H24Cl2N4O3S2/c30-20-16-19(17-21(31)18-20)25-9-7-24(38-25)8-10-27(36)33-29(39)32-22-3-5-23(6-4-22)34-11-13-35(14-12-34)28(37)26-2-1-15-40-26/h1-10,15-18H,11-14H2,(H2,32,33,36,39)/b10-8+. The lowest BCUT2D eigenvalue weighted by Crippen LogP contribution is -2.48. The predicted octanol–water partition coefficient (Wildman–Crippen LogP) is 6.80. The summed E-state index contributed by atoms with van der Waals surface area (Å²) in [4.78, 5) is 29.8. The fourth-order valence-electron chi connectivity index (χ4n) is 4.25. The molecule has 0 bridgehead atoms. The van der Waals surface area contributed by atoms with Gasteiger partial charge in [-0.05, 0) is 84.3 Å². The number of hydrogen-bond acceptors (Lipinski definition) is 6. The second-order valence-corrected chi connectivity index (χ2v) is 11.2. The Hall–Kier alpha value is -3.63. The average Bonchev–Trinajstić information content (AvgIpc) is 3.65. The molecule has 5 rings (SSSR count). The maximum absolute atomic E-state index is 12.6. The third kappa shape index (κ3) is 7.11. The zero-order chi connectivity index (χ0) is 28.1. The summed E-state index contributed by atoms with van der Waals surface area (Å²) < 4.78 is 5.77. The third-order valence-electron chi connectivity index (χ3n) is 6.20. The van der Waals surface area contributed by atoms with Crippen LogP contribution in [0.25, 0.3) is 17.4 Å². The molecule has 3 heterocycles. The van der Waals surface area contributed by atoms with Gasteiger partial charge in [0.05, 0.1) is 4.88 Å². The summed E-state index contributed by atoms with van der Waals surface area (Å²) in [6.45, 7) is 2.87. The highest BCUT2D eigenvalue weighted by Gasteiger charge is 2.22. The molecule has 11 heteroatoms. The highest BCUT2D eigenvalue weighted by atomic mass is 35.5. The number of anilines is 2. The van der Waals surface area contributed by atoms with Crippen LogP contribution in [0.15, 0.2) is 82.6 Å². The molecule has 0 spiro atoms. The van der Waals surface area contributed by atoms with Crippen molar-refractivity contribution in [1.29, 1.82) is 0 Å². The van der Waals surface area contributed by atoms with Gasteiger partial charge in [-0.2, -0.15) is 0 Å². The molecule has 1 saturated heterocycles. The fourth-order valence-corrected chi connectivity index (χ4v) is 5.68. The van der Waals surface area contributed by atoms with E-state index in [4.69, 9.17) is 39.8 Å². The number of nitrogens with zero attached hydrogens (tertiary/aromatic N) is 2. The first-order valence-electron chi connectivity index (χ1n) is 12.4. The van der Waals surface area contributed by atoms with Crippen molar-refractivity contribution in [2.75, 3.05) is 36.4 Å². The van der Waals surface area contributed by atoms with Crippen LogP contribution < -0.4 is 15.5 Å². The molecule has 0 unspecified atom stereocenters. The monoisotopic (exact) mass is 610 g/mol. The van der Waals surface area contributed by atoms with Gasteiger partial charge in [-0.15, -0.1) is 11.3 Å². The van der Waals surface area contributed by atoms with Gasteiger partial charge in [0, 0.05) is 59.2 Å². The average molecular weight is 612 g/mol. The van der Waals surface area contributed by atoms with E-state index in [9.17, 15) is 9.59 Å². The first-order chi connectivity index (χ1) is 19.3. The summed E-state index contributed by atoms with van der Waals surface area (Å²) >= 11 is 18.9. The maximum Gasteiger partial charge on any atom is 0.264 e. The van der Waals surface area contributed by atoms with E-state index in [-0.39, 0.29) is 11.0 Å². The van der Waals surface area contributed by atoms with Gasteiger partial charge >= 0.3 is 0 Å². The second-order valence-electron chi connectivity index (χ2n) is 8.94. The molecule has 1 aliphatic rings. The van der Waals surface area contributed by atoms with Crippen molar-refractivity contribution in [2.24, 2.45) is 0 Å². The Kier molecular flexibility index (Phi) is 8.86. The van der Waals surface area contributed by atoms with Crippen LogP contribution in [0.4, 0.5) is 11.4 Å². The first-order valence-corrected chi connectivity index (χ1v) is 14.4. The number of carbonyl (C=O) groups is 2. The third-order valence-corrected chi connectivity index (χ3v) is 7.70. The molecule has 2 aromatic heterocycles. The highest BCUT2D eigenvalue weighted by Crippen LogP contribution is 2.29. The molecule has 0 aliphatic carbocycles. The van der Waals surface area contributed by atoms with Crippen LogP contribution >= 0.6 is 46.8 Å². The molecule has 0 radical (unpaired) electrons. The number of carbonyl (C=O) groups excluding carboxylic acids is 2. The summed E-state index contributed by atoms with van der Waals surface area (Å²) in [5, 5.41) is 8.76. The zero-order valence-electron chi connectivity index (χ0n) is 21.1.